The number of hydrogen-bond donors (Lipinski definition) is 1. The Hall–Kier alpha value is -0.580. The summed E-state index contributed by atoms with van der Waals surface area (Å²) >= 11 is 7.17. The number of nitrogens with two attached hydrogens (primary N) is 1. The first-order valence-corrected chi connectivity index (χ1v) is 7.69. The molecule has 0 saturated carbocycles. The van der Waals surface area contributed by atoms with Crippen molar-refractivity contribution in [2.75, 3.05) is 0 Å². The van der Waals surface area contributed by atoms with Crippen LogP contribution in [0, 0.1) is 27.7 Å². The second kappa shape index (κ2) is 5.43. The minimum atomic E-state index is -0.191. The highest BCUT2D eigenvalue weighted by Crippen LogP contribution is 2.35. The number of benzene rings is 1. The first-order valence-electron chi connectivity index (χ1n) is 6.10. The highest BCUT2D eigenvalue weighted by atomic mass is 79.9. The van der Waals surface area contributed by atoms with E-state index in [9.17, 15) is 0 Å². The molecule has 0 radical (unpaired) electrons. The van der Waals surface area contributed by atoms with E-state index in [-0.39, 0.29) is 6.04 Å². The van der Waals surface area contributed by atoms with Crippen molar-refractivity contribution < 1.29 is 4.42 Å². The Balaban J connectivity index is 2.56. The zero-order valence-corrected chi connectivity index (χ0v) is 14.6. The summed E-state index contributed by atoms with van der Waals surface area (Å²) < 4.78 is 7.77. The molecule has 2 nitrogen and oxygen atoms in total. The minimum absolute atomic E-state index is 0.191. The molecule has 102 valence electrons. The summed E-state index contributed by atoms with van der Waals surface area (Å²) in [5.74, 6) is 1.83. The highest BCUT2D eigenvalue weighted by molar-refractivity contribution is 9.11. The summed E-state index contributed by atoms with van der Waals surface area (Å²) in [5.41, 5.74) is 10.9. The van der Waals surface area contributed by atoms with Crippen LogP contribution < -0.4 is 5.73 Å². The Labute approximate surface area is 130 Å². The standard InChI is InChI=1S/C15H17Br2NO/c1-7-5-13(17)11(6-12(7)16)15(18)14-8(2)9(3)19-10(14)4/h5-6,15H,18H2,1-4H3. The van der Waals surface area contributed by atoms with Crippen LogP contribution in [0.5, 0.6) is 0 Å². The van der Waals surface area contributed by atoms with E-state index < -0.39 is 0 Å². The summed E-state index contributed by atoms with van der Waals surface area (Å²) in [7, 11) is 0. The average molecular weight is 387 g/mol. The maximum Gasteiger partial charge on any atom is 0.106 e. The minimum Gasteiger partial charge on any atom is -0.466 e. The molecule has 0 saturated heterocycles. The van der Waals surface area contributed by atoms with Crippen molar-refractivity contribution in [3.05, 3.63) is 54.9 Å². The molecule has 0 bridgehead atoms. The van der Waals surface area contributed by atoms with Gasteiger partial charge in [-0.1, -0.05) is 31.9 Å². The van der Waals surface area contributed by atoms with Crippen LogP contribution in [0.3, 0.4) is 0 Å². The van der Waals surface area contributed by atoms with E-state index in [4.69, 9.17) is 10.2 Å². The van der Waals surface area contributed by atoms with Crippen LogP contribution in [-0.2, 0) is 0 Å². The topological polar surface area (TPSA) is 39.2 Å². The lowest BCUT2D eigenvalue weighted by Crippen LogP contribution is -2.14. The van der Waals surface area contributed by atoms with Crippen LogP contribution >= 0.6 is 31.9 Å². The van der Waals surface area contributed by atoms with E-state index in [1.807, 2.05) is 13.8 Å². The quantitative estimate of drug-likeness (QED) is 0.780. The summed E-state index contributed by atoms with van der Waals surface area (Å²) in [6.45, 7) is 8.05. The Kier molecular flexibility index (Phi) is 4.23. The Bertz CT molecular complexity index is 632. The maximum absolute atomic E-state index is 6.44. The SMILES string of the molecule is Cc1cc(Br)c(C(N)c2c(C)oc(C)c2C)cc1Br. The lowest BCUT2D eigenvalue weighted by atomic mass is 9.95. The molecule has 1 heterocycles. The largest absolute Gasteiger partial charge is 0.466 e. The second-order valence-electron chi connectivity index (χ2n) is 4.85. The van der Waals surface area contributed by atoms with Crippen LogP contribution in [0.1, 0.15) is 39.8 Å². The first-order chi connectivity index (χ1) is 8.82. The molecule has 1 unspecified atom stereocenters. The zero-order chi connectivity index (χ0) is 14.3. The molecule has 4 heteroatoms. The van der Waals surface area contributed by atoms with Gasteiger partial charge in [0.25, 0.3) is 0 Å². The predicted octanol–water partition coefficient (Wildman–Crippen LogP) is 5.09. The second-order valence-corrected chi connectivity index (χ2v) is 6.56. The summed E-state index contributed by atoms with van der Waals surface area (Å²) in [6, 6.07) is 3.96. The van der Waals surface area contributed by atoms with Gasteiger partial charge in [-0.3, -0.25) is 0 Å². The summed E-state index contributed by atoms with van der Waals surface area (Å²) in [5, 5.41) is 0. The summed E-state index contributed by atoms with van der Waals surface area (Å²) in [4.78, 5) is 0. The lowest BCUT2D eigenvalue weighted by Gasteiger charge is -2.16. The molecule has 19 heavy (non-hydrogen) atoms. The molecule has 0 aliphatic carbocycles. The fourth-order valence-electron chi connectivity index (χ4n) is 2.32. The van der Waals surface area contributed by atoms with Gasteiger partial charge in [-0.2, -0.15) is 0 Å². The van der Waals surface area contributed by atoms with Crippen LogP contribution in [0.15, 0.2) is 25.5 Å². The van der Waals surface area contributed by atoms with Gasteiger partial charge in [-0.15, -0.1) is 0 Å². The van der Waals surface area contributed by atoms with Gasteiger partial charge in [-0.05, 0) is 56.5 Å². The fourth-order valence-corrected chi connectivity index (χ4v) is 3.39. The third-order valence-corrected chi connectivity index (χ3v) is 5.08. The van der Waals surface area contributed by atoms with Gasteiger partial charge in [0, 0.05) is 14.5 Å². The van der Waals surface area contributed by atoms with E-state index in [2.05, 4.69) is 57.8 Å². The lowest BCUT2D eigenvalue weighted by molar-refractivity contribution is 0.498. The van der Waals surface area contributed by atoms with Crippen molar-refractivity contribution in [2.24, 2.45) is 5.73 Å². The molecule has 1 atom stereocenters. The van der Waals surface area contributed by atoms with E-state index in [0.29, 0.717) is 0 Å². The van der Waals surface area contributed by atoms with Gasteiger partial charge in [0.15, 0.2) is 0 Å². The maximum atomic E-state index is 6.44. The predicted molar refractivity (Wildman–Crippen MR) is 85.5 cm³/mol. The van der Waals surface area contributed by atoms with Gasteiger partial charge < -0.3 is 10.2 Å². The molecular weight excluding hydrogens is 370 g/mol. The molecule has 0 aliphatic heterocycles. The van der Waals surface area contributed by atoms with Gasteiger partial charge in [0.1, 0.15) is 11.5 Å². The van der Waals surface area contributed by atoms with Crippen molar-refractivity contribution in [3.63, 3.8) is 0 Å². The van der Waals surface area contributed by atoms with Gasteiger partial charge in [0.2, 0.25) is 0 Å². The molecule has 2 aromatic rings. The third kappa shape index (κ3) is 2.67. The third-order valence-electron chi connectivity index (χ3n) is 3.54. The van der Waals surface area contributed by atoms with Crippen molar-refractivity contribution in [1.29, 1.82) is 0 Å². The average Bonchev–Trinajstić information content (AvgIpc) is 2.57. The Morgan fingerprint density at radius 1 is 1.00 bits per heavy atom. The smallest absolute Gasteiger partial charge is 0.106 e. The van der Waals surface area contributed by atoms with Crippen LogP contribution in [0.2, 0.25) is 0 Å². The van der Waals surface area contributed by atoms with E-state index >= 15 is 0 Å². The molecule has 0 amide bonds. The van der Waals surface area contributed by atoms with Gasteiger partial charge in [0.05, 0.1) is 6.04 Å². The van der Waals surface area contributed by atoms with Gasteiger partial charge in [-0.25, -0.2) is 0 Å². The first kappa shape index (κ1) is 14.8. The molecule has 0 fully saturated rings. The Morgan fingerprint density at radius 2 is 1.63 bits per heavy atom. The molecule has 2 rings (SSSR count). The molecule has 1 aromatic carbocycles. The normalized spacial score (nSPS) is 12.8. The summed E-state index contributed by atoms with van der Waals surface area (Å²) in [6.07, 6.45) is 0. The molecule has 0 aliphatic rings. The van der Waals surface area contributed by atoms with Crippen LogP contribution in [0.25, 0.3) is 0 Å². The van der Waals surface area contributed by atoms with Crippen molar-refractivity contribution >= 4 is 31.9 Å². The monoisotopic (exact) mass is 385 g/mol. The number of hydrogen-bond acceptors (Lipinski definition) is 2. The van der Waals surface area contributed by atoms with Crippen molar-refractivity contribution in [2.45, 2.75) is 33.7 Å². The van der Waals surface area contributed by atoms with Crippen LogP contribution in [0.4, 0.5) is 0 Å². The van der Waals surface area contributed by atoms with E-state index in [1.165, 1.54) is 5.56 Å². The van der Waals surface area contributed by atoms with E-state index in [0.717, 1.165) is 37.2 Å². The highest BCUT2D eigenvalue weighted by Gasteiger charge is 2.21. The number of rotatable bonds is 2. The number of halogens is 2. The zero-order valence-electron chi connectivity index (χ0n) is 11.5. The van der Waals surface area contributed by atoms with Crippen molar-refractivity contribution in [3.8, 4) is 0 Å². The molecule has 2 N–H and O–H groups in total. The van der Waals surface area contributed by atoms with Gasteiger partial charge >= 0.3 is 0 Å². The molecule has 0 spiro atoms. The molecule has 1 aromatic heterocycles. The fraction of sp³-hybridized carbons (Fsp3) is 0.333. The molecular formula is C15H17Br2NO. The number of aryl methyl sites for hydroxylation is 3. The Morgan fingerprint density at radius 3 is 2.16 bits per heavy atom. The van der Waals surface area contributed by atoms with Crippen LogP contribution in [-0.4, -0.2) is 0 Å². The van der Waals surface area contributed by atoms with Crippen molar-refractivity contribution in [1.82, 2.24) is 0 Å². The van der Waals surface area contributed by atoms with E-state index in [1.54, 1.807) is 0 Å². The number of furan rings is 1.